The predicted octanol–water partition coefficient (Wildman–Crippen LogP) is 2.92. The number of anilines is 1. The lowest BCUT2D eigenvalue weighted by Gasteiger charge is -2.33. The van der Waals surface area contributed by atoms with Crippen LogP contribution in [0.2, 0.25) is 0 Å². The molecule has 2 aliphatic rings. The fraction of sp³-hybridized carbons (Fsp3) is 0.526. The van der Waals surface area contributed by atoms with Crippen molar-refractivity contribution >= 4 is 23.5 Å². The van der Waals surface area contributed by atoms with Crippen LogP contribution in [0.3, 0.4) is 0 Å². The summed E-state index contributed by atoms with van der Waals surface area (Å²) in [5.74, 6) is -1.77. The number of hydrogen-bond donors (Lipinski definition) is 1. The fourth-order valence-electron chi connectivity index (χ4n) is 3.64. The Morgan fingerprint density at radius 3 is 2.56 bits per heavy atom. The van der Waals surface area contributed by atoms with Gasteiger partial charge in [-0.1, -0.05) is 24.6 Å². The number of carbonyl (C=O) groups excluding carboxylic acids is 3. The topological polar surface area (TPSA) is 83.9 Å². The number of imide groups is 1. The average molecular weight is 345 g/mol. The zero-order valence-electron chi connectivity index (χ0n) is 14.7. The molecule has 134 valence electrons. The number of aliphatic hydroxyl groups is 1. The van der Waals surface area contributed by atoms with E-state index in [4.69, 9.17) is 4.74 Å². The summed E-state index contributed by atoms with van der Waals surface area (Å²) < 4.78 is 5.33. The molecule has 1 heterocycles. The summed E-state index contributed by atoms with van der Waals surface area (Å²) in [6.45, 7) is 5.11. The molecule has 6 heteroatoms. The van der Waals surface area contributed by atoms with Crippen LogP contribution in [0.1, 0.15) is 52.0 Å². The number of Topliss-reactive ketones (excluding diaryl/α,β-unsaturated/α-hetero) is 1. The first kappa shape index (κ1) is 17.6. The summed E-state index contributed by atoms with van der Waals surface area (Å²) in [5, 5.41) is 11.3. The molecule has 1 aromatic rings. The van der Waals surface area contributed by atoms with Crippen molar-refractivity contribution < 1.29 is 24.2 Å². The molecular formula is C19H23NO5. The Morgan fingerprint density at radius 2 is 1.92 bits per heavy atom. The second-order valence-electron chi connectivity index (χ2n) is 7.67. The van der Waals surface area contributed by atoms with Gasteiger partial charge < -0.3 is 9.84 Å². The predicted molar refractivity (Wildman–Crippen MR) is 91.0 cm³/mol. The van der Waals surface area contributed by atoms with E-state index >= 15 is 0 Å². The summed E-state index contributed by atoms with van der Waals surface area (Å²) in [5.41, 5.74) is -2.22. The lowest BCUT2D eigenvalue weighted by Crippen LogP contribution is -2.51. The highest BCUT2D eigenvalue weighted by molar-refractivity contribution is 6.21. The maximum absolute atomic E-state index is 13.1. The van der Waals surface area contributed by atoms with Crippen molar-refractivity contribution in [1.82, 2.24) is 0 Å². The SMILES string of the molecule is CC(C)(C)OC(=O)N1C(=O)[C@@](O)([C@@H]2CCCCC2=O)c2ccccc21. The second-order valence-corrected chi connectivity index (χ2v) is 7.67. The van der Waals surface area contributed by atoms with Gasteiger partial charge in [0.25, 0.3) is 5.91 Å². The van der Waals surface area contributed by atoms with Gasteiger partial charge in [-0.15, -0.1) is 0 Å². The first-order valence-corrected chi connectivity index (χ1v) is 8.58. The zero-order chi connectivity index (χ0) is 18.4. The van der Waals surface area contributed by atoms with Gasteiger partial charge in [0.05, 0.1) is 11.6 Å². The molecule has 0 spiro atoms. The number of rotatable bonds is 1. The van der Waals surface area contributed by atoms with Crippen molar-refractivity contribution in [3.05, 3.63) is 29.8 Å². The highest BCUT2D eigenvalue weighted by Gasteiger charge is 2.58. The molecule has 0 saturated heterocycles. The van der Waals surface area contributed by atoms with E-state index in [0.29, 0.717) is 18.4 Å². The van der Waals surface area contributed by atoms with Gasteiger partial charge in [-0.2, -0.15) is 0 Å². The number of amides is 2. The minimum Gasteiger partial charge on any atom is -0.443 e. The van der Waals surface area contributed by atoms with E-state index in [1.54, 1.807) is 45.0 Å². The van der Waals surface area contributed by atoms with Gasteiger partial charge in [0.2, 0.25) is 0 Å². The Kier molecular flexibility index (Phi) is 4.19. The first-order chi connectivity index (χ1) is 11.7. The van der Waals surface area contributed by atoms with Gasteiger partial charge >= 0.3 is 6.09 Å². The monoisotopic (exact) mass is 345 g/mol. The van der Waals surface area contributed by atoms with Crippen LogP contribution < -0.4 is 4.90 Å². The Hall–Kier alpha value is -2.21. The number of benzene rings is 1. The highest BCUT2D eigenvalue weighted by Crippen LogP contribution is 2.48. The van der Waals surface area contributed by atoms with Crippen molar-refractivity contribution in [3.8, 4) is 0 Å². The summed E-state index contributed by atoms with van der Waals surface area (Å²) in [7, 11) is 0. The molecular weight excluding hydrogens is 322 g/mol. The minimum absolute atomic E-state index is 0.136. The molecule has 1 aliphatic carbocycles. The van der Waals surface area contributed by atoms with E-state index in [2.05, 4.69) is 0 Å². The fourth-order valence-corrected chi connectivity index (χ4v) is 3.64. The maximum atomic E-state index is 13.1. The van der Waals surface area contributed by atoms with E-state index in [1.807, 2.05) is 0 Å². The van der Waals surface area contributed by atoms with Gasteiger partial charge in [0, 0.05) is 12.0 Å². The molecule has 1 aliphatic heterocycles. The number of ketones is 1. The minimum atomic E-state index is -2.01. The number of para-hydroxylation sites is 1. The third-order valence-electron chi connectivity index (χ3n) is 4.72. The largest absolute Gasteiger partial charge is 0.443 e. The molecule has 1 aromatic carbocycles. The first-order valence-electron chi connectivity index (χ1n) is 8.58. The third kappa shape index (κ3) is 2.84. The Morgan fingerprint density at radius 1 is 1.24 bits per heavy atom. The van der Waals surface area contributed by atoms with Crippen LogP contribution >= 0.6 is 0 Å². The quantitative estimate of drug-likeness (QED) is 0.846. The van der Waals surface area contributed by atoms with Gasteiger partial charge in [0.1, 0.15) is 11.4 Å². The van der Waals surface area contributed by atoms with Crippen LogP contribution in [0.5, 0.6) is 0 Å². The summed E-state index contributed by atoms with van der Waals surface area (Å²) >= 11 is 0. The molecule has 6 nitrogen and oxygen atoms in total. The number of ether oxygens (including phenoxy) is 1. The van der Waals surface area contributed by atoms with Crippen LogP contribution in [0.4, 0.5) is 10.5 Å². The van der Waals surface area contributed by atoms with Crippen molar-refractivity contribution in [2.45, 2.75) is 57.7 Å². The van der Waals surface area contributed by atoms with Crippen LogP contribution in [0, 0.1) is 5.92 Å². The van der Waals surface area contributed by atoms with E-state index in [9.17, 15) is 19.5 Å². The van der Waals surface area contributed by atoms with E-state index in [1.165, 1.54) is 0 Å². The van der Waals surface area contributed by atoms with Crippen LogP contribution in [0.15, 0.2) is 24.3 Å². The molecule has 25 heavy (non-hydrogen) atoms. The Balaban J connectivity index is 2.06. The van der Waals surface area contributed by atoms with E-state index in [-0.39, 0.29) is 11.5 Å². The van der Waals surface area contributed by atoms with Crippen molar-refractivity contribution in [1.29, 1.82) is 0 Å². The van der Waals surface area contributed by atoms with Crippen LogP contribution in [-0.4, -0.2) is 28.5 Å². The molecule has 2 amide bonds. The van der Waals surface area contributed by atoms with E-state index < -0.39 is 29.1 Å². The average Bonchev–Trinajstić information content (AvgIpc) is 2.75. The smallest absolute Gasteiger partial charge is 0.421 e. The van der Waals surface area contributed by atoms with Crippen LogP contribution in [0.25, 0.3) is 0 Å². The van der Waals surface area contributed by atoms with E-state index in [0.717, 1.165) is 17.7 Å². The summed E-state index contributed by atoms with van der Waals surface area (Å²) in [6.07, 6.45) is 1.45. The maximum Gasteiger partial charge on any atom is 0.421 e. The molecule has 0 bridgehead atoms. The van der Waals surface area contributed by atoms with Crippen molar-refractivity contribution in [3.63, 3.8) is 0 Å². The Labute approximate surface area is 146 Å². The molecule has 1 fully saturated rings. The van der Waals surface area contributed by atoms with Gasteiger partial charge in [-0.3, -0.25) is 9.59 Å². The van der Waals surface area contributed by atoms with Gasteiger partial charge in [-0.05, 0) is 39.7 Å². The van der Waals surface area contributed by atoms with Crippen molar-refractivity contribution in [2.75, 3.05) is 4.90 Å². The molecule has 0 aromatic heterocycles. The molecule has 0 unspecified atom stereocenters. The number of fused-ring (bicyclic) bond motifs is 1. The lowest BCUT2D eigenvalue weighted by atomic mass is 9.73. The van der Waals surface area contributed by atoms with Crippen molar-refractivity contribution in [2.24, 2.45) is 5.92 Å². The molecule has 0 radical (unpaired) electrons. The van der Waals surface area contributed by atoms with Gasteiger partial charge in [0.15, 0.2) is 5.60 Å². The normalized spacial score (nSPS) is 26.6. The third-order valence-corrected chi connectivity index (χ3v) is 4.72. The molecule has 2 atom stereocenters. The Bertz CT molecular complexity index is 736. The van der Waals surface area contributed by atoms with Crippen LogP contribution in [-0.2, 0) is 19.9 Å². The number of nitrogens with zero attached hydrogens (tertiary/aromatic N) is 1. The standard InChI is InChI=1S/C19H23NO5/c1-18(2,3)25-17(23)20-14-10-6-4-8-12(14)19(24,16(20)22)13-9-5-7-11-15(13)21/h4,6,8,10,13,24H,5,7,9,11H2,1-3H3/t13-,19+/m1/s1. The number of carbonyl (C=O) groups is 3. The highest BCUT2D eigenvalue weighted by atomic mass is 16.6. The summed E-state index contributed by atoms with van der Waals surface area (Å²) in [6, 6.07) is 6.54. The molecule has 3 rings (SSSR count). The summed E-state index contributed by atoms with van der Waals surface area (Å²) in [4.78, 5) is 38.9. The van der Waals surface area contributed by atoms with Gasteiger partial charge in [-0.25, -0.2) is 9.69 Å². The lowest BCUT2D eigenvalue weighted by molar-refractivity contribution is -0.152. The zero-order valence-corrected chi connectivity index (χ0v) is 14.7. The second kappa shape index (κ2) is 5.95. The molecule has 1 saturated carbocycles. The molecule has 1 N–H and O–H groups in total. The number of hydrogen-bond acceptors (Lipinski definition) is 5.